The molecule has 3 nitrogen and oxygen atoms in total. The van der Waals surface area contributed by atoms with Gasteiger partial charge in [0.05, 0.1) is 15.7 Å². The Balaban J connectivity index is 2.54. The maximum absolute atomic E-state index is 12.6. The molecule has 0 saturated heterocycles. The summed E-state index contributed by atoms with van der Waals surface area (Å²) in [7, 11) is -5.31. The molecule has 1 unspecified atom stereocenters. The smallest absolute Gasteiger partial charge is 0.215 e. The van der Waals surface area contributed by atoms with Gasteiger partial charge >= 0.3 is 0 Å². The first-order valence-electron chi connectivity index (χ1n) is 5.81. The Morgan fingerprint density at radius 3 is 2.35 bits per heavy atom. The van der Waals surface area contributed by atoms with E-state index in [9.17, 15) is 12.6 Å². The second-order valence-electron chi connectivity index (χ2n) is 4.25. The monoisotopic (exact) mass is 326 g/mol. The van der Waals surface area contributed by atoms with Crippen LogP contribution in [0.5, 0.6) is 0 Å². The lowest BCUT2D eigenvalue weighted by molar-refractivity contribution is 0.604. The van der Waals surface area contributed by atoms with Gasteiger partial charge in [0.1, 0.15) is 4.24 Å². The summed E-state index contributed by atoms with van der Waals surface area (Å²) in [4.78, 5) is 0.937. The van der Waals surface area contributed by atoms with Gasteiger partial charge in [0.25, 0.3) is 0 Å². The summed E-state index contributed by atoms with van der Waals surface area (Å²) in [6.07, 6.45) is 2.86. The molecule has 0 spiro atoms. The van der Waals surface area contributed by atoms with Crippen LogP contribution in [-0.4, -0.2) is 18.9 Å². The average molecular weight is 326 g/mol. The van der Waals surface area contributed by atoms with Gasteiger partial charge in [-0.05, 0) is 36.6 Å². The molecule has 1 heterocycles. The van der Waals surface area contributed by atoms with Crippen molar-refractivity contribution >= 4 is 38.0 Å². The second kappa shape index (κ2) is 6.03. The molecule has 1 atom stereocenters. The van der Waals surface area contributed by atoms with Crippen molar-refractivity contribution < 1.29 is 12.6 Å². The van der Waals surface area contributed by atoms with E-state index in [0.29, 0.717) is 0 Å². The first kappa shape index (κ1) is 15.2. The third-order valence-electron chi connectivity index (χ3n) is 2.68. The Kier molecular flexibility index (Phi) is 4.57. The Labute approximate surface area is 125 Å². The summed E-state index contributed by atoms with van der Waals surface area (Å²) in [5.74, 6) is 0. The van der Waals surface area contributed by atoms with Crippen molar-refractivity contribution in [2.45, 2.75) is 11.8 Å². The number of benzene rings is 1. The first-order chi connectivity index (χ1) is 9.41. The molecule has 0 radical (unpaired) electrons. The summed E-state index contributed by atoms with van der Waals surface area (Å²) in [5.41, 5.74) is 0.977. The van der Waals surface area contributed by atoms with Crippen LogP contribution in [0.1, 0.15) is 10.4 Å². The van der Waals surface area contributed by atoms with Gasteiger partial charge in [-0.1, -0.05) is 23.8 Å². The molecule has 6 heteroatoms. The minimum absolute atomic E-state index is 0.0659. The van der Waals surface area contributed by atoms with Crippen LogP contribution in [0.25, 0.3) is 6.08 Å². The van der Waals surface area contributed by atoms with Crippen LogP contribution in [-0.2, 0) is 20.6 Å². The molecule has 0 fully saturated rings. The lowest BCUT2D eigenvalue weighted by Crippen LogP contribution is -2.08. The molecule has 20 heavy (non-hydrogen) atoms. The van der Waals surface area contributed by atoms with Crippen LogP contribution >= 0.6 is 11.3 Å². The highest BCUT2D eigenvalue weighted by atomic mass is 32.3. The summed E-state index contributed by atoms with van der Waals surface area (Å²) in [5, 5.41) is 1.85. The molecule has 0 aliphatic carbocycles. The van der Waals surface area contributed by atoms with E-state index < -0.39 is 20.6 Å². The molecular weight excluding hydrogens is 312 g/mol. The zero-order valence-corrected chi connectivity index (χ0v) is 13.5. The molecule has 2 aromatic rings. The van der Waals surface area contributed by atoms with Gasteiger partial charge in [-0.2, -0.15) is 0 Å². The summed E-state index contributed by atoms with van der Waals surface area (Å²) in [6.45, 7) is 1.89. The number of thiophene rings is 1. The lowest BCUT2D eigenvalue weighted by atomic mass is 10.2. The largest absolute Gasteiger partial charge is 0.254 e. The van der Waals surface area contributed by atoms with Crippen molar-refractivity contribution in [3.05, 3.63) is 56.5 Å². The third-order valence-corrected chi connectivity index (χ3v) is 7.09. The normalized spacial score (nSPS) is 14.2. The van der Waals surface area contributed by atoms with Gasteiger partial charge in [0.15, 0.2) is 0 Å². The van der Waals surface area contributed by atoms with Crippen molar-refractivity contribution in [2.24, 2.45) is 0 Å². The van der Waals surface area contributed by atoms with Crippen LogP contribution in [0, 0.1) is 6.92 Å². The standard InChI is InChI=1S/C14H14O3S3/c1-11-5-7-13(8-6-11)20(16,17)14(19(2)15)10-12-4-3-9-18-12/h3-10H,1-2H3. The quantitative estimate of drug-likeness (QED) is 0.867. The van der Waals surface area contributed by atoms with Gasteiger partial charge < -0.3 is 0 Å². The SMILES string of the molecule is Cc1ccc(S(=O)(=O)C(=Cc2cccs2)S(C)=O)cc1. The minimum atomic E-state index is -3.73. The van der Waals surface area contributed by atoms with E-state index in [-0.39, 0.29) is 9.13 Å². The van der Waals surface area contributed by atoms with Crippen LogP contribution in [0.4, 0.5) is 0 Å². The predicted molar refractivity (Wildman–Crippen MR) is 84.7 cm³/mol. The zero-order chi connectivity index (χ0) is 14.8. The van der Waals surface area contributed by atoms with Gasteiger partial charge in [0, 0.05) is 11.1 Å². The van der Waals surface area contributed by atoms with E-state index >= 15 is 0 Å². The van der Waals surface area contributed by atoms with E-state index in [1.165, 1.54) is 23.7 Å². The van der Waals surface area contributed by atoms with Crippen LogP contribution in [0.3, 0.4) is 0 Å². The van der Waals surface area contributed by atoms with Crippen molar-refractivity contribution in [3.63, 3.8) is 0 Å². The molecule has 0 saturated carbocycles. The Morgan fingerprint density at radius 2 is 1.85 bits per heavy atom. The van der Waals surface area contributed by atoms with Crippen molar-refractivity contribution in [1.29, 1.82) is 0 Å². The molecule has 0 aliphatic rings. The number of rotatable bonds is 4. The summed E-state index contributed by atoms with van der Waals surface area (Å²) < 4.78 is 36.9. The van der Waals surface area contributed by atoms with Crippen LogP contribution in [0.2, 0.25) is 0 Å². The van der Waals surface area contributed by atoms with Crippen LogP contribution < -0.4 is 0 Å². The molecule has 0 bridgehead atoms. The minimum Gasteiger partial charge on any atom is -0.254 e. The maximum Gasteiger partial charge on any atom is 0.215 e. The van der Waals surface area contributed by atoms with Gasteiger partial charge in [-0.15, -0.1) is 11.3 Å². The predicted octanol–water partition coefficient (Wildman–Crippen LogP) is 3.21. The highest BCUT2D eigenvalue weighted by molar-refractivity contribution is 8.11. The van der Waals surface area contributed by atoms with Crippen LogP contribution in [0.15, 0.2) is 50.9 Å². The van der Waals surface area contributed by atoms with Gasteiger partial charge in [-0.3, -0.25) is 4.21 Å². The molecule has 0 amide bonds. The summed E-state index contributed by atoms with van der Waals surface area (Å²) >= 11 is 1.41. The fourth-order valence-electron chi connectivity index (χ4n) is 1.64. The van der Waals surface area contributed by atoms with Crippen molar-refractivity contribution in [2.75, 3.05) is 6.26 Å². The maximum atomic E-state index is 12.6. The fourth-order valence-corrected chi connectivity index (χ4v) is 5.27. The molecule has 0 N–H and O–H groups in total. The Morgan fingerprint density at radius 1 is 1.20 bits per heavy atom. The average Bonchev–Trinajstić information content (AvgIpc) is 2.89. The molecule has 1 aromatic carbocycles. The second-order valence-corrected chi connectivity index (χ2v) is 8.75. The fraction of sp³-hybridized carbons (Fsp3) is 0.143. The van der Waals surface area contributed by atoms with Crippen molar-refractivity contribution in [3.8, 4) is 0 Å². The molecule has 1 aromatic heterocycles. The molecule has 2 rings (SSSR count). The topological polar surface area (TPSA) is 51.2 Å². The third kappa shape index (κ3) is 3.26. The van der Waals surface area contributed by atoms with Gasteiger partial charge in [0.2, 0.25) is 9.84 Å². The molecular formula is C14H14O3S3. The molecule has 106 valence electrons. The Hall–Kier alpha value is -1.24. The van der Waals surface area contributed by atoms with E-state index in [1.807, 2.05) is 18.4 Å². The van der Waals surface area contributed by atoms with E-state index in [2.05, 4.69) is 0 Å². The first-order valence-corrected chi connectivity index (χ1v) is 9.74. The Bertz CT molecular complexity index is 739. The summed E-state index contributed by atoms with van der Waals surface area (Å²) in [6, 6.07) is 10.2. The highest BCUT2D eigenvalue weighted by Gasteiger charge is 2.23. The number of hydrogen-bond donors (Lipinski definition) is 0. The van der Waals surface area contributed by atoms with E-state index in [0.717, 1.165) is 10.4 Å². The number of hydrogen-bond acceptors (Lipinski definition) is 4. The van der Waals surface area contributed by atoms with E-state index in [1.54, 1.807) is 30.3 Å². The molecule has 0 aliphatic heterocycles. The van der Waals surface area contributed by atoms with E-state index in [4.69, 9.17) is 0 Å². The van der Waals surface area contributed by atoms with Gasteiger partial charge in [-0.25, -0.2) is 8.42 Å². The number of aryl methyl sites for hydroxylation is 1. The lowest BCUT2D eigenvalue weighted by Gasteiger charge is -2.07. The van der Waals surface area contributed by atoms with Crippen molar-refractivity contribution in [1.82, 2.24) is 0 Å². The number of sulfone groups is 1. The zero-order valence-electron chi connectivity index (χ0n) is 11.1. The highest BCUT2D eigenvalue weighted by Crippen LogP contribution is 2.25.